The van der Waals surface area contributed by atoms with Crippen LogP contribution in [-0.2, 0) is 9.47 Å². The van der Waals surface area contributed by atoms with Gasteiger partial charge in [-0.1, -0.05) is 23.3 Å². The standard InChI is InChI=1S/C16H24O4/c1-9-4-6-14(16-10(2)3-5-11(9)16)20-15-7-12(17)13(18)8-19-15/h3-4,11-18H,5-8H2,1-2H3. The first-order valence-corrected chi connectivity index (χ1v) is 7.52. The van der Waals surface area contributed by atoms with E-state index in [2.05, 4.69) is 26.0 Å². The SMILES string of the molecule is CC1=CCC(OC2CC(O)C(O)CO2)C2C(C)=CCC12. The van der Waals surface area contributed by atoms with Crippen LogP contribution in [0.15, 0.2) is 23.3 Å². The summed E-state index contributed by atoms with van der Waals surface area (Å²) in [5, 5.41) is 19.2. The molecule has 6 unspecified atom stereocenters. The first kappa shape index (κ1) is 14.3. The molecule has 1 heterocycles. The fourth-order valence-electron chi connectivity index (χ4n) is 3.70. The Bertz CT molecular complexity index is 428. The Balaban J connectivity index is 1.67. The minimum Gasteiger partial charge on any atom is -0.390 e. The Morgan fingerprint density at radius 1 is 1.10 bits per heavy atom. The molecule has 1 aliphatic heterocycles. The smallest absolute Gasteiger partial charge is 0.160 e. The molecule has 3 rings (SSSR count). The Kier molecular flexibility index (Phi) is 4.00. The average molecular weight is 280 g/mol. The third kappa shape index (κ3) is 2.58. The van der Waals surface area contributed by atoms with Gasteiger partial charge in [0.1, 0.15) is 6.10 Å². The molecule has 0 radical (unpaired) electrons. The van der Waals surface area contributed by atoms with Crippen LogP contribution in [0.3, 0.4) is 0 Å². The van der Waals surface area contributed by atoms with Crippen molar-refractivity contribution < 1.29 is 19.7 Å². The molecule has 6 atom stereocenters. The van der Waals surface area contributed by atoms with E-state index >= 15 is 0 Å². The number of fused-ring (bicyclic) bond motifs is 1. The van der Waals surface area contributed by atoms with E-state index in [1.54, 1.807) is 0 Å². The first-order chi connectivity index (χ1) is 9.56. The van der Waals surface area contributed by atoms with Crippen LogP contribution >= 0.6 is 0 Å². The summed E-state index contributed by atoms with van der Waals surface area (Å²) in [5.41, 5.74) is 2.87. The van der Waals surface area contributed by atoms with Gasteiger partial charge in [-0.3, -0.25) is 0 Å². The van der Waals surface area contributed by atoms with Crippen molar-refractivity contribution in [2.45, 2.75) is 57.7 Å². The lowest BCUT2D eigenvalue weighted by Crippen LogP contribution is -2.45. The van der Waals surface area contributed by atoms with E-state index in [-0.39, 0.29) is 12.7 Å². The first-order valence-electron chi connectivity index (χ1n) is 7.52. The van der Waals surface area contributed by atoms with Crippen LogP contribution < -0.4 is 0 Å². The van der Waals surface area contributed by atoms with Crippen molar-refractivity contribution in [2.75, 3.05) is 6.61 Å². The highest BCUT2D eigenvalue weighted by Gasteiger charge is 2.40. The third-order valence-corrected chi connectivity index (χ3v) is 4.97. The maximum Gasteiger partial charge on any atom is 0.160 e. The van der Waals surface area contributed by atoms with E-state index in [0.717, 1.165) is 12.8 Å². The number of hydrogen-bond acceptors (Lipinski definition) is 4. The highest BCUT2D eigenvalue weighted by Crippen LogP contribution is 2.44. The van der Waals surface area contributed by atoms with Gasteiger partial charge in [0, 0.05) is 12.3 Å². The number of allylic oxidation sites excluding steroid dienone is 2. The second kappa shape index (κ2) is 5.60. The topological polar surface area (TPSA) is 58.9 Å². The van der Waals surface area contributed by atoms with Gasteiger partial charge < -0.3 is 19.7 Å². The van der Waals surface area contributed by atoms with E-state index in [4.69, 9.17) is 9.47 Å². The summed E-state index contributed by atoms with van der Waals surface area (Å²) in [6.07, 6.45) is 5.12. The monoisotopic (exact) mass is 280 g/mol. The zero-order chi connectivity index (χ0) is 14.3. The lowest BCUT2D eigenvalue weighted by atomic mass is 9.77. The van der Waals surface area contributed by atoms with Crippen LogP contribution in [0, 0.1) is 11.8 Å². The predicted octanol–water partition coefficient (Wildman–Crippen LogP) is 1.77. The maximum absolute atomic E-state index is 9.73. The van der Waals surface area contributed by atoms with E-state index < -0.39 is 18.5 Å². The summed E-state index contributed by atoms with van der Waals surface area (Å²) in [7, 11) is 0. The van der Waals surface area contributed by atoms with E-state index in [1.165, 1.54) is 11.1 Å². The number of ether oxygens (including phenoxy) is 2. The molecule has 0 aromatic carbocycles. The summed E-state index contributed by atoms with van der Waals surface area (Å²) >= 11 is 0. The zero-order valence-corrected chi connectivity index (χ0v) is 12.2. The Hall–Kier alpha value is -0.680. The van der Waals surface area contributed by atoms with Gasteiger partial charge in [0.05, 0.1) is 18.8 Å². The number of rotatable bonds is 2. The van der Waals surface area contributed by atoms with Crippen molar-refractivity contribution in [3.8, 4) is 0 Å². The molecule has 0 bridgehead atoms. The van der Waals surface area contributed by atoms with Gasteiger partial charge in [-0.25, -0.2) is 0 Å². The normalized spacial score (nSPS) is 44.8. The van der Waals surface area contributed by atoms with Crippen LogP contribution in [0.4, 0.5) is 0 Å². The number of aliphatic hydroxyl groups excluding tert-OH is 2. The highest BCUT2D eigenvalue weighted by molar-refractivity contribution is 5.26. The average Bonchev–Trinajstić information content (AvgIpc) is 2.81. The van der Waals surface area contributed by atoms with Gasteiger partial charge in [0.2, 0.25) is 0 Å². The van der Waals surface area contributed by atoms with Gasteiger partial charge in [-0.05, 0) is 32.6 Å². The molecule has 1 fully saturated rings. The van der Waals surface area contributed by atoms with Crippen molar-refractivity contribution in [1.82, 2.24) is 0 Å². The van der Waals surface area contributed by atoms with E-state index in [9.17, 15) is 10.2 Å². The van der Waals surface area contributed by atoms with Crippen LogP contribution in [0.25, 0.3) is 0 Å². The molecule has 0 aromatic rings. The molecule has 1 saturated heterocycles. The molecular formula is C16H24O4. The second-order valence-electron chi connectivity index (χ2n) is 6.31. The molecule has 4 heteroatoms. The lowest BCUT2D eigenvalue weighted by molar-refractivity contribution is -0.239. The predicted molar refractivity (Wildman–Crippen MR) is 75.0 cm³/mol. The van der Waals surface area contributed by atoms with Crippen molar-refractivity contribution in [1.29, 1.82) is 0 Å². The maximum atomic E-state index is 9.73. The van der Waals surface area contributed by atoms with Crippen LogP contribution in [0.1, 0.15) is 33.1 Å². The van der Waals surface area contributed by atoms with Gasteiger partial charge in [0.15, 0.2) is 6.29 Å². The van der Waals surface area contributed by atoms with Gasteiger partial charge >= 0.3 is 0 Å². The van der Waals surface area contributed by atoms with Crippen molar-refractivity contribution in [3.05, 3.63) is 23.3 Å². The molecule has 0 amide bonds. The largest absolute Gasteiger partial charge is 0.390 e. The molecule has 4 nitrogen and oxygen atoms in total. The van der Waals surface area contributed by atoms with Crippen molar-refractivity contribution >= 4 is 0 Å². The highest BCUT2D eigenvalue weighted by atomic mass is 16.7. The fourth-order valence-corrected chi connectivity index (χ4v) is 3.70. The quantitative estimate of drug-likeness (QED) is 0.757. The minimum atomic E-state index is -0.788. The van der Waals surface area contributed by atoms with Crippen molar-refractivity contribution in [2.24, 2.45) is 11.8 Å². The molecule has 0 aromatic heterocycles. The molecular weight excluding hydrogens is 256 g/mol. The molecule has 2 N–H and O–H groups in total. The summed E-state index contributed by atoms with van der Waals surface area (Å²) in [4.78, 5) is 0. The number of aliphatic hydroxyl groups is 2. The van der Waals surface area contributed by atoms with Gasteiger partial charge in [0.25, 0.3) is 0 Å². The summed E-state index contributed by atoms with van der Waals surface area (Å²) in [5.74, 6) is 1.00. The second-order valence-corrected chi connectivity index (χ2v) is 6.31. The molecule has 3 aliphatic rings. The third-order valence-electron chi connectivity index (χ3n) is 4.97. The molecule has 0 saturated carbocycles. The molecule has 2 aliphatic carbocycles. The summed E-state index contributed by atoms with van der Waals surface area (Å²) in [6, 6.07) is 0. The van der Waals surface area contributed by atoms with Gasteiger partial charge in [-0.15, -0.1) is 0 Å². The minimum absolute atomic E-state index is 0.120. The molecule has 112 valence electrons. The fraction of sp³-hybridized carbons (Fsp3) is 0.750. The Labute approximate surface area is 120 Å². The summed E-state index contributed by atoms with van der Waals surface area (Å²) in [6.45, 7) is 4.54. The zero-order valence-electron chi connectivity index (χ0n) is 12.2. The molecule has 20 heavy (non-hydrogen) atoms. The summed E-state index contributed by atoms with van der Waals surface area (Å²) < 4.78 is 11.6. The number of hydrogen-bond donors (Lipinski definition) is 2. The van der Waals surface area contributed by atoms with E-state index in [1.807, 2.05) is 0 Å². The van der Waals surface area contributed by atoms with Crippen LogP contribution in [0.5, 0.6) is 0 Å². The Morgan fingerprint density at radius 3 is 2.60 bits per heavy atom. The molecule has 0 spiro atoms. The van der Waals surface area contributed by atoms with Crippen molar-refractivity contribution in [3.63, 3.8) is 0 Å². The van der Waals surface area contributed by atoms with E-state index in [0.29, 0.717) is 18.3 Å². The van der Waals surface area contributed by atoms with Crippen LogP contribution in [-0.4, -0.2) is 41.4 Å². The lowest BCUT2D eigenvalue weighted by Gasteiger charge is -2.38. The van der Waals surface area contributed by atoms with Gasteiger partial charge in [-0.2, -0.15) is 0 Å². The Morgan fingerprint density at radius 2 is 1.85 bits per heavy atom. The van der Waals surface area contributed by atoms with Crippen LogP contribution in [0.2, 0.25) is 0 Å².